The number of amides is 1. The topological polar surface area (TPSA) is 107 Å². The molecule has 9 heteroatoms. The minimum atomic E-state index is -0.477. The van der Waals surface area contributed by atoms with E-state index in [-0.39, 0.29) is 24.1 Å². The Morgan fingerprint density at radius 3 is 2.88 bits per heavy atom. The number of hydrogen-bond acceptors (Lipinski definition) is 7. The second-order valence-corrected chi connectivity index (χ2v) is 6.44. The molecule has 0 saturated heterocycles. The van der Waals surface area contributed by atoms with Crippen LogP contribution in [0, 0.1) is 0 Å². The first-order valence-electron chi connectivity index (χ1n) is 7.21. The summed E-state index contributed by atoms with van der Waals surface area (Å²) in [6.07, 6.45) is 4.24. The monoisotopic (exact) mass is 366 g/mol. The standard InChI is InChI=1S/C15H14N4O3S.ClH/c16-15(5-2-6-15)14-18-12(22-19-14)9-4-8-23-13(9)17-11(20)10-3-1-7-21-10;/h1,3-4,7-8H,2,5-6,16H2,(H,17,20);1H. The number of nitrogens with one attached hydrogen (secondary N) is 1. The van der Waals surface area contributed by atoms with Gasteiger partial charge in [0.1, 0.15) is 5.00 Å². The van der Waals surface area contributed by atoms with Crippen LogP contribution in [0.5, 0.6) is 0 Å². The SMILES string of the molecule is Cl.NC1(c2noc(-c3ccsc3NC(=O)c3ccco3)n2)CCC1. The molecule has 0 atom stereocenters. The number of nitrogens with two attached hydrogens (primary N) is 1. The fourth-order valence-corrected chi connectivity index (χ4v) is 3.24. The first kappa shape index (κ1) is 16.7. The van der Waals surface area contributed by atoms with Gasteiger partial charge in [0.25, 0.3) is 11.8 Å². The molecule has 1 aliphatic carbocycles. The van der Waals surface area contributed by atoms with Gasteiger partial charge in [0.2, 0.25) is 0 Å². The Labute approximate surface area is 147 Å². The van der Waals surface area contributed by atoms with Crippen LogP contribution in [0.25, 0.3) is 11.5 Å². The highest BCUT2D eigenvalue weighted by atomic mass is 35.5. The van der Waals surface area contributed by atoms with Gasteiger partial charge >= 0.3 is 0 Å². The minimum absolute atomic E-state index is 0. The van der Waals surface area contributed by atoms with Crippen molar-refractivity contribution < 1.29 is 13.7 Å². The molecule has 24 heavy (non-hydrogen) atoms. The van der Waals surface area contributed by atoms with Crippen LogP contribution in [-0.2, 0) is 5.54 Å². The van der Waals surface area contributed by atoms with Crippen molar-refractivity contribution in [3.8, 4) is 11.5 Å². The van der Waals surface area contributed by atoms with Gasteiger partial charge < -0.3 is 20.0 Å². The van der Waals surface area contributed by atoms with Gasteiger partial charge in [0, 0.05) is 0 Å². The van der Waals surface area contributed by atoms with Gasteiger partial charge in [0.15, 0.2) is 11.6 Å². The van der Waals surface area contributed by atoms with Crippen molar-refractivity contribution in [1.82, 2.24) is 10.1 Å². The van der Waals surface area contributed by atoms with E-state index in [4.69, 9.17) is 14.7 Å². The summed E-state index contributed by atoms with van der Waals surface area (Å²) < 4.78 is 10.4. The molecule has 0 aliphatic heterocycles. The van der Waals surface area contributed by atoms with Gasteiger partial charge in [-0.2, -0.15) is 4.98 Å². The maximum absolute atomic E-state index is 12.1. The van der Waals surface area contributed by atoms with E-state index >= 15 is 0 Å². The molecule has 3 aromatic heterocycles. The molecular weight excluding hydrogens is 352 g/mol. The van der Waals surface area contributed by atoms with Crippen molar-refractivity contribution in [2.24, 2.45) is 5.73 Å². The molecule has 1 fully saturated rings. The highest BCUT2D eigenvalue weighted by Gasteiger charge is 2.39. The van der Waals surface area contributed by atoms with E-state index in [0.29, 0.717) is 22.3 Å². The van der Waals surface area contributed by atoms with Crippen LogP contribution in [0.15, 0.2) is 38.8 Å². The van der Waals surface area contributed by atoms with Crippen LogP contribution in [-0.4, -0.2) is 16.0 Å². The number of anilines is 1. The number of nitrogens with zero attached hydrogens (tertiary/aromatic N) is 2. The zero-order chi connectivity index (χ0) is 15.9. The number of aromatic nitrogens is 2. The average molecular weight is 367 g/mol. The Hall–Kier alpha value is -2.16. The van der Waals surface area contributed by atoms with Gasteiger partial charge in [-0.25, -0.2) is 0 Å². The van der Waals surface area contributed by atoms with Crippen molar-refractivity contribution in [3.05, 3.63) is 41.4 Å². The predicted octanol–water partition coefficient (Wildman–Crippen LogP) is 3.40. The molecule has 0 spiro atoms. The van der Waals surface area contributed by atoms with Gasteiger partial charge in [-0.15, -0.1) is 23.7 Å². The highest BCUT2D eigenvalue weighted by molar-refractivity contribution is 7.15. The molecule has 3 aromatic rings. The van der Waals surface area contributed by atoms with Crippen LogP contribution in [0.3, 0.4) is 0 Å². The van der Waals surface area contributed by atoms with Crippen molar-refractivity contribution in [2.45, 2.75) is 24.8 Å². The predicted molar refractivity (Wildman–Crippen MR) is 91.2 cm³/mol. The maximum atomic E-state index is 12.1. The Morgan fingerprint density at radius 1 is 1.38 bits per heavy atom. The lowest BCUT2D eigenvalue weighted by molar-refractivity contribution is 0.0997. The van der Waals surface area contributed by atoms with Crippen LogP contribution in [0.4, 0.5) is 5.00 Å². The van der Waals surface area contributed by atoms with E-state index in [1.807, 2.05) is 11.4 Å². The van der Waals surface area contributed by atoms with Crippen LogP contribution in [0.1, 0.15) is 35.6 Å². The average Bonchev–Trinajstić information content (AvgIpc) is 3.24. The summed E-state index contributed by atoms with van der Waals surface area (Å²) >= 11 is 1.37. The highest BCUT2D eigenvalue weighted by Crippen LogP contribution is 2.39. The third kappa shape index (κ3) is 2.83. The fraction of sp³-hybridized carbons (Fsp3) is 0.267. The minimum Gasteiger partial charge on any atom is -0.459 e. The van der Waals surface area contributed by atoms with E-state index < -0.39 is 5.54 Å². The van der Waals surface area contributed by atoms with Crippen molar-refractivity contribution >= 4 is 34.7 Å². The summed E-state index contributed by atoms with van der Waals surface area (Å²) in [7, 11) is 0. The first-order chi connectivity index (χ1) is 11.2. The van der Waals surface area contributed by atoms with Gasteiger partial charge in [-0.1, -0.05) is 5.16 Å². The molecule has 1 saturated carbocycles. The molecule has 3 N–H and O–H groups in total. The number of rotatable bonds is 4. The lowest BCUT2D eigenvalue weighted by Gasteiger charge is -2.34. The van der Waals surface area contributed by atoms with Crippen molar-refractivity contribution in [1.29, 1.82) is 0 Å². The van der Waals surface area contributed by atoms with Crippen LogP contribution < -0.4 is 11.1 Å². The molecule has 0 unspecified atom stereocenters. The van der Waals surface area contributed by atoms with E-state index in [9.17, 15) is 4.79 Å². The second kappa shape index (κ2) is 6.39. The largest absolute Gasteiger partial charge is 0.459 e. The molecule has 0 aromatic carbocycles. The van der Waals surface area contributed by atoms with Crippen LogP contribution >= 0.6 is 23.7 Å². The smallest absolute Gasteiger partial charge is 0.291 e. The van der Waals surface area contributed by atoms with Gasteiger partial charge in [0.05, 0.1) is 17.4 Å². The number of carbonyl (C=O) groups is 1. The number of halogens is 1. The van der Waals surface area contributed by atoms with Crippen molar-refractivity contribution in [3.63, 3.8) is 0 Å². The molecule has 3 heterocycles. The fourth-order valence-electron chi connectivity index (χ4n) is 2.46. The molecule has 1 aliphatic rings. The number of thiophene rings is 1. The zero-order valence-corrected chi connectivity index (χ0v) is 14.2. The quantitative estimate of drug-likeness (QED) is 0.732. The summed E-state index contributed by atoms with van der Waals surface area (Å²) in [5.74, 6) is 0.791. The second-order valence-electron chi connectivity index (χ2n) is 5.53. The molecule has 4 rings (SSSR count). The lowest BCUT2D eigenvalue weighted by atomic mass is 9.77. The summed E-state index contributed by atoms with van der Waals surface area (Å²) in [4.78, 5) is 16.5. The van der Waals surface area contributed by atoms with Gasteiger partial charge in [-0.05, 0) is 42.8 Å². The summed E-state index contributed by atoms with van der Waals surface area (Å²) in [5, 5.41) is 9.26. The first-order valence-corrected chi connectivity index (χ1v) is 8.09. The van der Waals surface area contributed by atoms with E-state index in [1.54, 1.807) is 12.1 Å². The Morgan fingerprint density at radius 2 is 2.21 bits per heavy atom. The normalized spacial score (nSPS) is 15.4. The van der Waals surface area contributed by atoms with E-state index in [1.165, 1.54) is 17.6 Å². The summed E-state index contributed by atoms with van der Waals surface area (Å²) in [5.41, 5.74) is 6.41. The molecule has 0 radical (unpaired) electrons. The van der Waals surface area contributed by atoms with Gasteiger partial charge in [-0.3, -0.25) is 4.79 Å². The molecule has 126 valence electrons. The summed E-state index contributed by atoms with van der Waals surface area (Å²) in [6.45, 7) is 0. The summed E-state index contributed by atoms with van der Waals surface area (Å²) in [6, 6.07) is 5.08. The maximum Gasteiger partial charge on any atom is 0.291 e. The Balaban J connectivity index is 0.00000169. The number of carbonyl (C=O) groups excluding carboxylic acids is 1. The molecule has 7 nitrogen and oxygen atoms in total. The Kier molecular flexibility index (Phi) is 4.44. The third-order valence-electron chi connectivity index (χ3n) is 3.98. The lowest BCUT2D eigenvalue weighted by Crippen LogP contribution is -2.44. The third-order valence-corrected chi connectivity index (χ3v) is 4.81. The Bertz CT molecular complexity index is 839. The number of hydrogen-bond donors (Lipinski definition) is 2. The molecular formula is C15H15ClN4O3S. The zero-order valence-electron chi connectivity index (χ0n) is 12.5. The van der Waals surface area contributed by atoms with Crippen molar-refractivity contribution in [2.75, 3.05) is 5.32 Å². The van der Waals surface area contributed by atoms with E-state index in [0.717, 1.165) is 19.3 Å². The molecule has 1 amide bonds. The molecule has 0 bridgehead atoms. The van der Waals surface area contributed by atoms with Crippen LogP contribution in [0.2, 0.25) is 0 Å². The van der Waals surface area contributed by atoms with E-state index in [2.05, 4.69) is 15.5 Å². The number of furan rings is 1.